The Kier molecular flexibility index (Phi) is 3.42. The van der Waals surface area contributed by atoms with Crippen molar-refractivity contribution in [3.63, 3.8) is 0 Å². The van der Waals surface area contributed by atoms with Gasteiger partial charge in [-0.25, -0.2) is 9.37 Å². The molecule has 2 N–H and O–H groups in total. The van der Waals surface area contributed by atoms with Crippen molar-refractivity contribution >= 4 is 5.69 Å². The molecule has 0 spiro atoms. The number of aromatic nitrogens is 1. The van der Waals surface area contributed by atoms with E-state index < -0.39 is 5.82 Å². The predicted molar refractivity (Wildman–Crippen MR) is 73.8 cm³/mol. The topological polar surface area (TPSA) is 48.1 Å². The summed E-state index contributed by atoms with van der Waals surface area (Å²) in [7, 11) is 0. The predicted octanol–water partition coefficient (Wildman–Crippen LogP) is 3.89. The molecule has 19 heavy (non-hydrogen) atoms. The maximum atomic E-state index is 13.1. The molecule has 100 valence electrons. The van der Waals surface area contributed by atoms with E-state index in [4.69, 9.17) is 10.5 Å². The average molecular weight is 260 g/mol. The van der Waals surface area contributed by atoms with Gasteiger partial charge < -0.3 is 10.5 Å². The Hall–Kier alpha value is -2.10. The highest BCUT2D eigenvalue weighted by atomic mass is 19.1. The molecule has 2 rings (SSSR count). The third-order valence-electron chi connectivity index (χ3n) is 2.79. The van der Waals surface area contributed by atoms with Crippen LogP contribution in [-0.4, -0.2) is 4.98 Å². The van der Waals surface area contributed by atoms with Gasteiger partial charge in [-0.2, -0.15) is 0 Å². The van der Waals surface area contributed by atoms with Gasteiger partial charge in [0.15, 0.2) is 5.75 Å². The van der Waals surface area contributed by atoms with E-state index in [1.165, 1.54) is 18.2 Å². The monoisotopic (exact) mass is 260 g/mol. The first kappa shape index (κ1) is 13.3. The number of hydrogen-bond acceptors (Lipinski definition) is 3. The van der Waals surface area contributed by atoms with Crippen molar-refractivity contribution in [2.45, 2.75) is 26.2 Å². The Labute approximate surface area is 112 Å². The van der Waals surface area contributed by atoms with Crippen molar-refractivity contribution in [3.05, 3.63) is 47.9 Å². The minimum Gasteiger partial charge on any atom is -0.437 e. The molecule has 0 saturated heterocycles. The number of nitrogen functional groups attached to an aromatic ring is 1. The number of pyridine rings is 1. The SMILES string of the molecule is CC(C)(C)c1ccc(Oc2cc(F)ccc2N)nc1. The summed E-state index contributed by atoms with van der Waals surface area (Å²) in [6, 6.07) is 7.70. The third kappa shape index (κ3) is 3.22. The molecule has 0 atom stereocenters. The number of rotatable bonds is 2. The summed E-state index contributed by atoms with van der Waals surface area (Å²) in [5.74, 6) is 0.275. The Morgan fingerprint density at radius 3 is 2.47 bits per heavy atom. The summed E-state index contributed by atoms with van der Waals surface area (Å²) in [5, 5.41) is 0. The highest BCUT2D eigenvalue weighted by Gasteiger charge is 2.14. The van der Waals surface area contributed by atoms with E-state index in [0.717, 1.165) is 5.56 Å². The normalized spacial score (nSPS) is 11.4. The molecule has 4 heteroatoms. The van der Waals surface area contributed by atoms with Gasteiger partial charge in [0.2, 0.25) is 5.88 Å². The lowest BCUT2D eigenvalue weighted by Gasteiger charge is -2.18. The van der Waals surface area contributed by atoms with Gasteiger partial charge in [-0.05, 0) is 23.1 Å². The van der Waals surface area contributed by atoms with Gasteiger partial charge in [0, 0.05) is 18.3 Å². The minimum absolute atomic E-state index is 0.0312. The molecular weight excluding hydrogens is 243 g/mol. The molecule has 0 aliphatic rings. The molecule has 0 aliphatic carbocycles. The molecule has 3 nitrogen and oxygen atoms in total. The molecule has 2 aromatic rings. The average Bonchev–Trinajstić information content (AvgIpc) is 2.33. The molecule has 1 aromatic carbocycles. The number of nitrogens with zero attached hydrogens (tertiary/aromatic N) is 1. The zero-order valence-corrected chi connectivity index (χ0v) is 11.3. The van der Waals surface area contributed by atoms with Crippen LogP contribution < -0.4 is 10.5 Å². The van der Waals surface area contributed by atoms with Crippen LogP contribution in [0.1, 0.15) is 26.3 Å². The third-order valence-corrected chi connectivity index (χ3v) is 2.79. The fourth-order valence-electron chi connectivity index (χ4n) is 1.59. The molecule has 1 heterocycles. The van der Waals surface area contributed by atoms with Gasteiger partial charge in [0.05, 0.1) is 5.69 Å². The van der Waals surface area contributed by atoms with Gasteiger partial charge in [-0.15, -0.1) is 0 Å². The molecule has 0 unspecified atom stereocenters. The van der Waals surface area contributed by atoms with Crippen molar-refractivity contribution in [1.29, 1.82) is 0 Å². The van der Waals surface area contributed by atoms with E-state index in [-0.39, 0.29) is 11.2 Å². The van der Waals surface area contributed by atoms with Crippen molar-refractivity contribution in [2.24, 2.45) is 0 Å². The van der Waals surface area contributed by atoms with E-state index in [9.17, 15) is 4.39 Å². The second kappa shape index (κ2) is 4.88. The van der Waals surface area contributed by atoms with Crippen LogP contribution in [0.3, 0.4) is 0 Å². The zero-order valence-electron chi connectivity index (χ0n) is 11.3. The molecule has 0 saturated carbocycles. The first-order valence-corrected chi connectivity index (χ1v) is 6.06. The molecule has 0 aliphatic heterocycles. The number of benzene rings is 1. The van der Waals surface area contributed by atoms with Crippen LogP contribution >= 0.6 is 0 Å². The van der Waals surface area contributed by atoms with Gasteiger partial charge in [-0.3, -0.25) is 0 Å². The molecular formula is C15H17FN2O. The van der Waals surface area contributed by atoms with Gasteiger partial charge in [0.25, 0.3) is 0 Å². The summed E-state index contributed by atoms with van der Waals surface area (Å²) < 4.78 is 18.6. The van der Waals surface area contributed by atoms with E-state index in [1.807, 2.05) is 6.07 Å². The lowest BCUT2D eigenvalue weighted by Crippen LogP contribution is -2.11. The number of ether oxygens (including phenoxy) is 1. The number of hydrogen-bond donors (Lipinski definition) is 1. The fraction of sp³-hybridized carbons (Fsp3) is 0.267. The highest BCUT2D eigenvalue weighted by Crippen LogP contribution is 2.28. The highest BCUT2D eigenvalue weighted by molar-refractivity contribution is 5.53. The largest absolute Gasteiger partial charge is 0.437 e. The molecule has 0 bridgehead atoms. The molecule has 0 amide bonds. The van der Waals surface area contributed by atoms with Crippen LogP contribution in [0, 0.1) is 5.82 Å². The van der Waals surface area contributed by atoms with E-state index in [2.05, 4.69) is 25.8 Å². The number of anilines is 1. The lowest BCUT2D eigenvalue weighted by atomic mass is 9.88. The van der Waals surface area contributed by atoms with Crippen LogP contribution in [0.4, 0.5) is 10.1 Å². The van der Waals surface area contributed by atoms with Gasteiger partial charge in [0.1, 0.15) is 5.82 Å². The maximum Gasteiger partial charge on any atom is 0.219 e. The van der Waals surface area contributed by atoms with Crippen LogP contribution in [-0.2, 0) is 5.41 Å². The van der Waals surface area contributed by atoms with Crippen molar-refractivity contribution in [1.82, 2.24) is 4.98 Å². The standard InChI is InChI=1S/C15H17FN2O/c1-15(2,3)10-4-7-14(18-9-10)19-13-8-11(16)5-6-12(13)17/h4-9H,17H2,1-3H3. The number of halogens is 1. The van der Waals surface area contributed by atoms with Crippen molar-refractivity contribution in [3.8, 4) is 11.6 Å². The molecule has 0 fully saturated rings. The summed E-state index contributed by atoms with van der Waals surface area (Å²) in [6.07, 6.45) is 1.75. The molecule has 1 aromatic heterocycles. The lowest BCUT2D eigenvalue weighted by molar-refractivity contribution is 0.458. The van der Waals surface area contributed by atoms with Gasteiger partial charge in [-0.1, -0.05) is 26.8 Å². The first-order valence-electron chi connectivity index (χ1n) is 6.06. The van der Waals surface area contributed by atoms with E-state index in [0.29, 0.717) is 11.6 Å². The van der Waals surface area contributed by atoms with E-state index in [1.54, 1.807) is 12.3 Å². The summed E-state index contributed by atoms with van der Waals surface area (Å²) >= 11 is 0. The smallest absolute Gasteiger partial charge is 0.219 e. The fourth-order valence-corrected chi connectivity index (χ4v) is 1.59. The van der Waals surface area contributed by atoms with Crippen LogP contribution in [0.15, 0.2) is 36.5 Å². The summed E-state index contributed by atoms with van der Waals surface area (Å²) in [6.45, 7) is 6.32. The Bertz CT molecular complexity index is 574. The quantitative estimate of drug-likeness (QED) is 0.833. The minimum atomic E-state index is -0.393. The van der Waals surface area contributed by atoms with Crippen LogP contribution in [0.25, 0.3) is 0 Å². The maximum absolute atomic E-state index is 13.1. The summed E-state index contributed by atoms with van der Waals surface area (Å²) in [5.41, 5.74) is 7.23. The van der Waals surface area contributed by atoms with Crippen molar-refractivity contribution in [2.75, 3.05) is 5.73 Å². The van der Waals surface area contributed by atoms with Crippen LogP contribution in [0.5, 0.6) is 11.6 Å². The Morgan fingerprint density at radius 1 is 1.16 bits per heavy atom. The second-order valence-electron chi connectivity index (χ2n) is 5.42. The second-order valence-corrected chi connectivity index (χ2v) is 5.42. The Balaban J connectivity index is 2.22. The van der Waals surface area contributed by atoms with Crippen LogP contribution in [0.2, 0.25) is 0 Å². The Morgan fingerprint density at radius 2 is 1.89 bits per heavy atom. The van der Waals surface area contributed by atoms with Crippen molar-refractivity contribution < 1.29 is 9.13 Å². The first-order chi connectivity index (χ1) is 8.86. The van der Waals surface area contributed by atoms with Gasteiger partial charge >= 0.3 is 0 Å². The number of nitrogens with two attached hydrogens (primary N) is 1. The molecule has 0 radical (unpaired) electrons. The zero-order chi connectivity index (χ0) is 14.0. The summed E-state index contributed by atoms with van der Waals surface area (Å²) in [4.78, 5) is 4.21. The van der Waals surface area contributed by atoms with E-state index >= 15 is 0 Å².